The van der Waals surface area contributed by atoms with Crippen molar-refractivity contribution in [3.05, 3.63) is 0 Å². The number of hydrogen-bond acceptors (Lipinski definition) is 1. The van der Waals surface area contributed by atoms with Gasteiger partial charge in [0.2, 0.25) is 0 Å². The van der Waals surface area contributed by atoms with Gasteiger partial charge in [-0.05, 0) is 29.6 Å². The summed E-state index contributed by atoms with van der Waals surface area (Å²) in [5, 5.41) is 9.97. The molecule has 2 unspecified atom stereocenters. The van der Waals surface area contributed by atoms with E-state index in [1.54, 1.807) is 0 Å². The highest BCUT2D eigenvalue weighted by Gasteiger charge is 2.47. The van der Waals surface area contributed by atoms with Gasteiger partial charge in [-0.1, -0.05) is 54.9 Å². The lowest BCUT2D eigenvalue weighted by Gasteiger charge is -2.51. The van der Waals surface area contributed by atoms with Crippen molar-refractivity contribution in [2.45, 2.75) is 73.8 Å². The van der Waals surface area contributed by atoms with E-state index >= 15 is 0 Å². The number of aliphatic hydroxyl groups is 1. The predicted octanol–water partition coefficient (Wildman–Crippen LogP) is 4.25. The van der Waals surface area contributed by atoms with Crippen LogP contribution in [0.5, 0.6) is 0 Å². The van der Waals surface area contributed by atoms with Crippen molar-refractivity contribution in [3.8, 4) is 0 Å². The molecule has 15 heavy (non-hydrogen) atoms. The molecule has 0 aliphatic heterocycles. The summed E-state index contributed by atoms with van der Waals surface area (Å²) in [6.07, 6.45) is 3.20. The third-order valence-corrected chi connectivity index (χ3v) is 4.17. The first-order chi connectivity index (χ1) is 6.82. The Labute approximate surface area is 96.3 Å². The van der Waals surface area contributed by atoms with Crippen molar-refractivity contribution in [2.24, 2.45) is 16.7 Å². The molecule has 0 heterocycles. The molecule has 1 aliphatic rings. The summed E-state index contributed by atoms with van der Waals surface area (Å²) in [4.78, 5) is 0. The Morgan fingerprint density at radius 1 is 1.13 bits per heavy atom. The van der Waals surface area contributed by atoms with Gasteiger partial charge >= 0.3 is 0 Å². The van der Waals surface area contributed by atoms with Crippen molar-refractivity contribution < 1.29 is 5.11 Å². The molecule has 0 radical (unpaired) electrons. The van der Waals surface area contributed by atoms with Crippen LogP contribution in [-0.4, -0.2) is 11.2 Å². The third kappa shape index (κ3) is 2.96. The molecule has 0 saturated heterocycles. The topological polar surface area (TPSA) is 20.2 Å². The molecule has 1 nitrogen and oxygen atoms in total. The molecule has 1 rings (SSSR count). The molecule has 0 spiro atoms. The molecule has 1 N–H and O–H groups in total. The molecular formula is C14H30O. The Hall–Kier alpha value is -0.0400. The molecule has 1 fully saturated rings. The second kappa shape index (κ2) is 5.34. The first kappa shape index (κ1) is 15.0. The normalized spacial score (nSPS) is 32.8. The maximum Gasteiger partial charge on any atom is 0.0594 e. The highest BCUT2D eigenvalue weighted by Crippen LogP contribution is 2.52. The van der Waals surface area contributed by atoms with Gasteiger partial charge in [0.15, 0.2) is 0 Å². The summed E-state index contributed by atoms with van der Waals surface area (Å²) >= 11 is 0. The van der Waals surface area contributed by atoms with Gasteiger partial charge in [0.25, 0.3) is 0 Å². The summed E-state index contributed by atoms with van der Waals surface area (Å²) < 4.78 is 0. The van der Waals surface area contributed by atoms with Gasteiger partial charge in [-0.3, -0.25) is 0 Å². The summed E-state index contributed by atoms with van der Waals surface area (Å²) in [6, 6.07) is 0. The minimum Gasteiger partial charge on any atom is -0.393 e. The van der Waals surface area contributed by atoms with E-state index in [-0.39, 0.29) is 11.5 Å². The van der Waals surface area contributed by atoms with E-state index in [1.807, 2.05) is 13.8 Å². The lowest BCUT2D eigenvalue weighted by Crippen LogP contribution is -2.48. The van der Waals surface area contributed by atoms with Gasteiger partial charge in [-0.25, -0.2) is 0 Å². The number of aliphatic hydroxyl groups excluding tert-OH is 1. The predicted molar refractivity (Wildman–Crippen MR) is 67.9 cm³/mol. The fraction of sp³-hybridized carbons (Fsp3) is 1.00. The van der Waals surface area contributed by atoms with Crippen LogP contribution < -0.4 is 0 Å². The lowest BCUT2D eigenvalue weighted by atomic mass is 9.55. The van der Waals surface area contributed by atoms with Gasteiger partial charge in [0.1, 0.15) is 0 Å². The Morgan fingerprint density at radius 3 is 1.93 bits per heavy atom. The van der Waals surface area contributed by atoms with Crippen molar-refractivity contribution in [1.82, 2.24) is 0 Å². The largest absolute Gasteiger partial charge is 0.393 e. The van der Waals surface area contributed by atoms with Crippen molar-refractivity contribution >= 4 is 0 Å². The molecule has 1 heteroatoms. The number of rotatable bonds is 1. The van der Waals surface area contributed by atoms with Crippen LogP contribution in [0, 0.1) is 16.7 Å². The minimum atomic E-state index is -0.106. The minimum absolute atomic E-state index is 0.0938. The molecule has 0 bridgehead atoms. The molecule has 0 aromatic carbocycles. The van der Waals surface area contributed by atoms with Crippen molar-refractivity contribution in [1.29, 1.82) is 0 Å². The zero-order chi connectivity index (χ0) is 12.3. The fourth-order valence-corrected chi connectivity index (χ4v) is 3.37. The summed E-state index contributed by atoms with van der Waals surface area (Å²) in [6.45, 7) is 15.4. The summed E-state index contributed by atoms with van der Waals surface area (Å²) in [5.41, 5.74) is 0.494. The van der Waals surface area contributed by atoms with Crippen LogP contribution in [0.15, 0.2) is 0 Å². The van der Waals surface area contributed by atoms with Crippen LogP contribution in [0.1, 0.15) is 67.7 Å². The standard InChI is InChI=1S/C12H24O.C2H6/c1-6-9-11(2,3)8-7-10(13)12(9,4)5;1-2/h9-10,13H,6-8H2,1-5H3;1-2H3. The van der Waals surface area contributed by atoms with Gasteiger partial charge < -0.3 is 5.11 Å². The van der Waals surface area contributed by atoms with Crippen LogP contribution in [0.3, 0.4) is 0 Å². The molecule has 2 atom stereocenters. The SMILES string of the molecule is CC.CCC1C(C)(C)CCC(O)C1(C)C. The Morgan fingerprint density at radius 2 is 1.60 bits per heavy atom. The molecule has 1 saturated carbocycles. The van der Waals surface area contributed by atoms with E-state index < -0.39 is 0 Å². The second-order valence-corrected chi connectivity index (χ2v) is 5.83. The van der Waals surface area contributed by atoms with Crippen LogP contribution in [0.2, 0.25) is 0 Å². The fourth-order valence-electron chi connectivity index (χ4n) is 3.37. The van der Waals surface area contributed by atoms with Crippen molar-refractivity contribution in [2.75, 3.05) is 0 Å². The average Bonchev–Trinajstić information content (AvgIpc) is 2.16. The molecule has 0 amide bonds. The van der Waals surface area contributed by atoms with E-state index in [4.69, 9.17) is 0 Å². The molecule has 0 aromatic rings. The molecule has 0 aromatic heterocycles. The second-order valence-electron chi connectivity index (χ2n) is 5.83. The van der Waals surface area contributed by atoms with E-state index in [1.165, 1.54) is 6.42 Å². The first-order valence-corrected chi connectivity index (χ1v) is 6.50. The van der Waals surface area contributed by atoms with Gasteiger partial charge in [-0.15, -0.1) is 0 Å². The van der Waals surface area contributed by atoms with Crippen LogP contribution in [-0.2, 0) is 0 Å². The lowest BCUT2D eigenvalue weighted by molar-refractivity contribution is -0.0892. The maximum absolute atomic E-state index is 9.97. The Bertz CT molecular complexity index is 182. The highest BCUT2D eigenvalue weighted by molar-refractivity contribution is 4.97. The quantitative estimate of drug-likeness (QED) is 0.692. The smallest absolute Gasteiger partial charge is 0.0594 e. The molecular weight excluding hydrogens is 184 g/mol. The Balaban J connectivity index is 0.000000921. The zero-order valence-corrected chi connectivity index (χ0v) is 11.7. The van der Waals surface area contributed by atoms with E-state index in [0.717, 1.165) is 12.8 Å². The molecule has 92 valence electrons. The highest BCUT2D eigenvalue weighted by atomic mass is 16.3. The summed E-state index contributed by atoms with van der Waals surface area (Å²) in [5.74, 6) is 0.642. The van der Waals surface area contributed by atoms with Gasteiger partial charge in [0.05, 0.1) is 6.10 Å². The van der Waals surface area contributed by atoms with Crippen LogP contribution in [0.25, 0.3) is 0 Å². The molecule has 1 aliphatic carbocycles. The monoisotopic (exact) mass is 214 g/mol. The Kier molecular flexibility index (Phi) is 5.32. The van der Waals surface area contributed by atoms with Gasteiger partial charge in [-0.2, -0.15) is 0 Å². The van der Waals surface area contributed by atoms with E-state index in [0.29, 0.717) is 11.3 Å². The first-order valence-electron chi connectivity index (χ1n) is 6.50. The number of hydrogen-bond donors (Lipinski definition) is 1. The van der Waals surface area contributed by atoms with E-state index in [2.05, 4.69) is 34.6 Å². The maximum atomic E-state index is 9.97. The van der Waals surface area contributed by atoms with Gasteiger partial charge in [0, 0.05) is 0 Å². The van der Waals surface area contributed by atoms with Crippen LogP contribution in [0.4, 0.5) is 0 Å². The van der Waals surface area contributed by atoms with Crippen LogP contribution >= 0.6 is 0 Å². The van der Waals surface area contributed by atoms with Crippen molar-refractivity contribution in [3.63, 3.8) is 0 Å². The zero-order valence-electron chi connectivity index (χ0n) is 11.7. The average molecular weight is 214 g/mol. The van der Waals surface area contributed by atoms with E-state index in [9.17, 15) is 5.11 Å². The summed E-state index contributed by atoms with van der Waals surface area (Å²) in [7, 11) is 0. The third-order valence-electron chi connectivity index (χ3n) is 4.17.